The van der Waals surface area contributed by atoms with E-state index >= 15 is 0 Å². The van der Waals surface area contributed by atoms with Crippen LogP contribution in [0.5, 0.6) is 11.5 Å². The third kappa shape index (κ3) is 2.99. The fourth-order valence-corrected chi connectivity index (χ4v) is 3.56. The average molecular weight is 299 g/mol. The highest BCUT2D eigenvalue weighted by atomic mass is 32.2. The van der Waals surface area contributed by atoms with Crippen LogP contribution in [-0.4, -0.2) is 22.6 Å². The van der Waals surface area contributed by atoms with E-state index in [1.165, 1.54) is 14.2 Å². The van der Waals surface area contributed by atoms with E-state index in [0.29, 0.717) is 17.2 Å². The number of benzene rings is 1. The smallest absolute Gasteiger partial charge is 0.271 e. The molecule has 0 saturated carbocycles. The van der Waals surface area contributed by atoms with E-state index < -0.39 is 10.0 Å². The molecule has 1 N–H and O–H groups in total. The Hall–Kier alpha value is -1.73. The lowest BCUT2D eigenvalue weighted by molar-refractivity contribution is 0.355. The van der Waals surface area contributed by atoms with Crippen molar-refractivity contribution in [2.75, 3.05) is 18.9 Å². The van der Waals surface area contributed by atoms with Gasteiger partial charge in [-0.2, -0.15) is 0 Å². The van der Waals surface area contributed by atoms with Gasteiger partial charge in [-0.15, -0.1) is 11.3 Å². The van der Waals surface area contributed by atoms with E-state index in [9.17, 15) is 8.42 Å². The molecular formula is C12H13NO4S2. The number of ether oxygens (including phenoxy) is 2. The highest BCUT2D eigenvalue weighted by Gasteiger charge is 2.16. The third-order valence-corrected chi connectivity index (χ3v) is 5.17. The quantitative estimate of drug-likeness (QED) is 0.921. The first kappa shape index (κ1) is 13.7. The molecule has 0 spiro atoms. The first-order valence-corrected chi connectivity index (χ1v) is 7.71. The van der Waals surface area contributed by atoms with Crippen molar-refractivity contribution in [2.24, 2.45) is 0 Å². The molecule has 0 saturated heterocycles. The zero-order chi connectivity index (χ0) is 13.9. The molecule has 0 bridgehead atoms. The summed E-state index contributed by atoms with van der Waals surface area (Å²) in [6, 6.07) is 8.07. The summed E-state index contributed by atoms with van der Waals surface area (Å²) in [5.74, 6) is 1.01. The fraction of sp³-hybridized carbons (Fsp3) is 0.167. The lowest BCUT2D eigenvalue weighted by Crippen LogP contribution is -2.11. The number of thiophene rings is 1. The summed E-state index contributed by atoms with van der Waals surface area (Å²) < 4.78 is 37.1. The molecule has 1 heterocycles. The maximum atomic E-state index is 12.0. The number of methoxy groups -OCH3 is 2. The van der Waals surface area contributed by atoms with Crippen molar-refractivity contribution in [1.29, 1.82) is 0 Å². The lowest BCUT2D eigenvalue weighted by atomic mass is 10.3. The van der Waals surface area contributed by atoms with Crippen molar-refractivity contribution in [3.8, 4) is 11.5 Å². The Morgan fingerprint density at radius 3 is 2.42 bits per heavy atom. The van der Waals surface area contributed by atoms with Gasteiger partial charge in [-0.05, 0) is 23.6 Å². The molecular weight excluding hydrogens is 286 g/mol. The van der Waals surface area contributed by atoms with Crippen LogP contribution in [0.2, 0.25) is 0 Å². The van der Waals surface area contributed by atoms with E-state index in [1.54, 1.807) is 35.7 Å². The molecule has 0 aliphatic heterocycles. The van der Waals surface area contributed by atoms with Crippen LogP contribution < -0.4 is 14.2 Å². The average Bonchev–Trinajstić information content (AvgIpc) is 2.93. The Morgan fingerprint density at radius 1 is 1.11 bits per heavy atom. The van der Waals surface area contributed by atoms with Gasteiger partial charge in [0.2, 0.25) is 0 Å². The molecule has 1 aromatic carbocycles. The number of rotatable bonds is 5. The molecule has 0 unspecified atom stereocenters. The molecule has 2 rings (SSSR count). The van der Waals surface area contributed by atoms with Crippen LogP contribution in [0.25, 0.3) is 0 Å². The summed E-state index contributed by atoms with van der Waals surface area (Å²) >= 11 is 1.16. The Balaban J connectivity index is 2.29. The van der Waals surface area contributed by atoms with Gasteiger partial charge < -0.3 is 9.47 Å². The van der Waals surface area contributed by atoms with Gasteiger partial charge in [-0.25, -0.2) is 8.42 Å². The van der Waals surface area contributed by atoms with Gasteiger partial charge in [0.1, 0.15) is 4.21 Å². The molecule has 2 aromatic rings. The summed E-state index contributed by atoms with van der Waals surface area (Å²) in [7, 11) is -0.526. The lowest BCUT2D eigenvalue weighted by Gasteiger charge is -2.11. The predicted molar refractivity (Wildman–Crippen MR) is 74.7 cm³/mol. The molecule has 0 aliphatic carbocycles. The molecule has 19 heavy (non-hydrogen) atoms. The fourth-order valence-electron chi connectivity index (χ4n) is 1.52. The zero-order valence-electron chi connectivity index (χ0n) is 10.4. The van der Waals surface area contributed by atoms with Gasteiger partial charge in [-0.1, -0.05) is 6.07 Å². The minimum absolute atomic E-state index is 0.266. The minimum atomic E-state index is -3.54. The summed E-state index contributed by atoms with van der Waals surface area (Å²) in [6.45, 7) is 0. The molecule has 0 aliphatic rings. The van der Waals surface area contributed by atoms with Gasteiger partial charge in [0.15, 0.2) is 11.5 Å². The topological polar surface area (TPSA) is 64.6 Å². The second-order valence-corrected chi connectivity index (χ2v) is 6.46. The first-order valence-electron chi connectivity index (χ1n) is 5.35. The molecule has 0 fully saturated rings. The van der Waals surface area contributed by atoms with Crippen LogP contribution in [0.15, 0.2) is 39.9 Å². The van der Waals surface area contributed by atoms with Gasteiger partial charge in [0, 0.05) is 6.07 Å². The third-order valence-electron chi connectivity index (χ3n) is 2.40. The summed E-state index contributed by atoms with van der Waals surface area (Å²) in [4.78, 5) is 0. The first-order chi connectivity index (χ1) is 9.06. The van der Waals surface area contributed by atoms with Crippen LogP contribution in [0.3, 0.4) is 0 Å². The molecule has 0 atom stereocenters. The van der Waals surface area contributed by atoms with E-state index in [0.717, 1.165) is 11.3 Å². The van der Waals surface area contributed by atoms with Crippen molar-refractivity contribution in [2.45, 2.75) is 4.21 Å². The monoisotopic (exact) mass is 299 g/mol. The van der Waals surface area contributed by atoms with Gasteiger partial charge in [0.25, 0.3) is 10.0 Å². The van der Waals surface area contributed by atoms with Crippen molar-refractivity contribution < 1.29 is 17.9 Å². The number of hydrogen-bond donors (Lipinski definition) is 1. The second kappa shape index (κ2) is 5.50. The van der Waals surface area contributed by atoms with E-state index in [2.05, 4.69) is 4.72 Å². The maximum absolute atomic E-state index is 12.0. The van der Waals surface area contributed by atoms with E-state index in [4.69, 9.17) is 9.47 Å². The van der Waals surface area contributed by atoms with Crippen LogP contribution in [0, 0.1) is 0 Å². The molecule has 102 valence electrons. The number of sulfonamides is 1. The van der Waals surface area contributed by atoms with E-state index in [1.807, 2.05) is 0 Å². The van der Waals surface area contributed by atoms with Crippen molar-refractivity contribution >= 4 is 27.0 Å². The van der Waals surface area contributed by atoms with Crippen LogP contribution in [0.1, 0.15) is 0 Å². The number of anilines is 1. The summed E-state index contributed by atoms with van der Waals surface area (Å²) in [5, 5.41) is 1.71. The Bertz CT molecular complexity index is 650. The van der Waals surface area contributed by atoms with Gasteiger partial charge in [-0.3, -0.25) is 4.72 Å². The van der Waals surface area contributed by atoms with Crippen LogP contribution in [0.4, 0.5) is 5.69 Å². The Morgan fingerprint density at radius 2 is 1.84 bits per heavy atom. The zero-order valence-corrected chi connectivity index (χ0v) is 12.0. The molecule has 0 amide bonds. The van der Waals surface area contributed by atoms with Gasteiger partial charge >= 0.3 is 0 Å². The molecule has 0 radical (unpaired) electrons. The van der Waals surface area contributed by atoms with Crippen LogP contribution >= 0.6 is 11.3 Å². The summed E-state index contributed by atoms with van der Waals surface area (Å²) in [6.07, 6.45) is 0. The largest absolute Gasteiger partial charge is 0.493 e. The summed E-state index contributed by atoms with van der Waals surface area (Å²) in [5.41, 5.74) is 0.422. The van der Waals surface area contributed by atoms with Crippen LogP contribution in [-0.2, 0) is 10.0 Å². The van der Waals surface area contributed by atoms with Crippen molar-refractivity contribution in [3.63, 3.8) is 0 Å². The molecule has 1 aromatic heterocycles. The predicted octanol–water partition coefficient (Wildman–Crippen LogP) is 2.57. The SMILES string of the molecule is COc1ccc(NS(=O)(=O)c2cccs2)cc1OC. The standard InChI is InChI=1S/C12H13NO4S2/c1-16-10-6-5-9(8-11(10)17-2)13-19(14,15)12-4-3-7-18-12/h3-8,13H,1-2H3. The minimum Gasteiger partial charge on any atom is -0.493 e. The normalized spacial score (nSPS) is 11.1. The van der Waals surface area contributed by atoms with Crippen molar-refractivity contribution in [3.05, 3.63) is 35.7 Å². The number of nitrogens with one attached hydrogen (secondary N) is 1. The maximum Gasteiger partial charge on any atom is 0.271 e. The van der Waals surface area contributed by atoms with E-state index in [-0.39, 0.29) is 4.21 Å². The number of hydrogen-bond acceptors (Lipinski definition) is 5. The Kier molecular flexibility index (Phi) is 3.96. The Labute approximate surface area is 115 Å². The highest BCUT2D eigenvalue weighted by Crippen LogP contribution is 2.31. The molecule has 5 nitrogen and oxygen atoms in total. The van der Waals surface area contributed by atoms with Crippen molar-refractivity contribution in [1.82, 2.24) is 0 Å². The second-order valence-electron chi connectivity index (χ2n) is 3.61. The van der Waals surface area contributed by atoms with Gasteiger partial charge in [0.05, 0.1) is 19.9 Å². The molecule has 7 heteroatoms. The highest BCUT2D eigenvalue weighted by molar-refractivity contribution is 7.94.